The number of nitrogens with zero attached hydrogens (tertiary/aromatic N) is 1. The quantitative estimate of drug-likeness (QED) is 0.761. The molecule has 23 heavy (non-hydrogen) atoms. The van der Waals surface area contributed by atoms with Gasteiger partial charge in [-0.1, -0.05) is 36.4 Å². The van der Waals surface area contributed by atoms with Crippen molar-refractivity contribution in [1.29, 1.82) is 0 Å². The standard InChI is InChI=1S/C19H24N2O2/c1-21(2)19(22)15-20-17-11-6-12-18(14-17)23-13-7-10-16-8-4-3-5-9-16/h3-6,8-9,11-12,14,20H,7,10,13,15H2,1-2H3. The van der Waals surface area contributed by atoms with Gasteiger partial charge < -0.3 is 15.0 Å². The first-order valence-electron chi connectivity index (χ1n) is 7.86. The summed E-state index contributed by atoms with van der Waals surface area (Å²) in [5.41, 5.74) is 2.22. The van der Waals surface area contributed by atoms with Crippen molar-refractivity contribution in [2.45, 2.75) is 12.8 Å². The molecule has 4 heteroatoms. The minimum atomic E-state index is 0.0409. The monoisotopic (exact) mass is 312 g/mol. The summed E-state index contributed by atoms with van der Waals surface area (Å²) >= 11 is 0. The molecule has 122 valence electrons. The Balaban J connectivity index is 1.75. The Bertz CT molecular complexity index is 612. The Morgan fingerprint density at radius 1 is 1.09 bits per heavy atom. The van der Waals surface area contributed by atoms with Gasteiger partial charge in [0.05, 0.1) is 13.2 Å². The molecule has 1 N–H and O–H groups in total. The van der Waals surface area contributed by atoms with Gasteiger partial charge in [0.1, 0.15) is 5.75 Å². The van der Waals surface area contributed by atoms with Gasteiger partial charge in [-0.05, 0) is 30.5 Å². The zero-order chi connectivity index (χ0) is 16.5. The first kappa shape index (κ1) is 16.9. The number of ether oxygens (including phenoxy) is 1. The van der Waals surface area contributed by atoms with E-state index in [2.05, 4.69) is 29.6 Å². The average Bonchev–Trinajstić information content (AvgIpc) is 2.58. The Morgan fingerprint density at radius 2 is 1.87 bits per heavy atom. The van der Waals surface area contributed by atoms with Gasteiger partial charge in [0.2, 0.25) is 5.91 Å². The number of anilines is 1. The minimum Gasteiger partial charge on any atom is -0.494 e. The number of rotatable bonds is 8. The molecular formula is C19H24N2O2. The molecule has 0 spiro atoms. The third kappa shape index (κ3) is 6.02. The van der Waals surface area contributed by atoms with Crippen LogP contribution in [-0.4, -0.2) is 38.1 Å². The van der Waals surface area contributed by atoms with Gasteiger partial charge in [0, 0.05) is 25.8 Å². The van der Waals surface area contributed by atoms with E-state index in [1.807, 2.05) is 30.3 Å². The third-order valence-electron chi connectivity index (χ3n) is 3.50. The molecule has 0 aliphatic carbocycles. The second-order valence-electron chi connectivity index (χ2n) is 5.61. The van der Waals surface area contributed by atoms with Gasteiger partial charge in [-0.3, -0.25) is 4.79 Å². The summed E-state index contributed by atoms with van der Waals surface area (Å²) in [4.78, 5) is 13.1. The van der Waals surface area contributed by atoms with Crippen LogP contribution < -0.4 is 10.1 Å². The molecule has 2 aromatic rings. The van der Waals surface area contributed by atoms with Crippen LogP contribution in [0.25, 0.3) is 0 Å². The number of hydrogen-bond acceptors (Lipinski definition) is 3. The summed E-state index contributed by atoms with van der Waals surface area (Å²) in [6, 6.07) is 18.1. The van der Waals surface area contributed by atoms with Gasteiger partial charge in [-0.25, -0.2) is 0 Å². The van der Waals surface area contributed by atoms with Crippen molar-refractivity contribution in [3.63, 3.8) is 0 Å². The van der Waals surface area contributed by atoms with Gasteiger partial charge >= 0.3 is 0 Å². The molecule has 2 aromatic carbocycles. The largest absolute Gasteiger partial charge is 0.494 e. The molecule has 0 saturated heterocycles. The lowest BCUT2D eigenvalue weighted by atomic mass is 10.1. The van der Waals surface area contributed by atoms with Crippen LogP contribution in [0.5, 0.6) is 5.75 Å². The highest BCUT2D eigenvalue weighted by molar-refractivity contribution is 5.80. The van der Waals surface area contributed by atoms with Crippen molar-refractivity contribution < 1.29 is 9.53 Å². The highest BCUT2D eigenvalue weighted by Crippen LogP contribution is 2.17. The number of carbonyl (C=O) groups excluding carboxylic acids is 1. The lowest BCUT2D eigenvalue weighted by Crippen LogP contribution is -2.28. The van der Waals surface area contributed by atoms with E-state index >= 15 is 0 Å². The molecule has 0 aromatic heterocycles. The zero-order valence-electron chi connectivity index (χ0n) is 13.8. The van der Waals surface area contributed by atoms with Gasteiger partial charge in [0.25, 0.3) is 0 Å². The van der Waals surface area contributed by atoms with Crippen molar-refractivity contribution in [3.8, 4) is 5.75 Å². The lowest BCUT2D eigenvalue weighted by molar-refractivity contribution is -0.126. The van der Waals surface area contributed by atoms with Crippen molar-refractivity contribution in [3.05, 3.63) is 60.2 Å². The number of nitrogens with one attached hydrogen (secondary N) is 1. The van der Waals surface area contributed by atoms with Crippen molar-refractivity contribution in [2.24, 2.45) is 0 Å². The summed E-state index contributed by atoms with van der Waals surface area (Å²) in [5.74, 6) is 0.861. The predicted molar refractivity (Wildman–Crippen MR) is 93.9 cm³/mol. The predicted octanol–water partition coefficient (Wildman–Crippen LogP) is 3.20. The normalized spacial score (nSPS) is 10.2. The smallest absolute Gasteiger partial charge is 0.241 e. The van der Waals surface area contributed by atoms with E-state index in [-0.39, 0.29) is 12.5 Å². The molecule has 0 radical (unpaired) electrons. The Hall–Kier alpha value is -2.49. The number of likely N-dealkylation sites (N-methyl/N-ethyl adjacent to an activating group) is 1. The molecule has 0 heterocycles. The number of benzene rings is 2. The van der Waals surface area contributed by atoms with Crippen LogP contribution in [0.2, 0.25) is 0 Å². The topological polar surface area (TPSA) is 41.6 Å². The van der Waals surface area contributed by atoms with Crippen LogP contribution >= 0.6 is 0 Å². The Kier molecular flexibility index (Phi) is 6.48. The van der Waals surface area contributed by atoms with Gasteiger partial charge in [0.15, 0.2) is 0 Å². The fraction of sp³-hybridized carbons (Fsp3) is 0.316. The highest BCUT2D eigenvalue weighted by atomic mass is 16.5. The molecule has 0 unspecified atom stereocenters. The second kappa shape index (κ2) is 8.83. The number of hydrogen-bond donors (Lipinski definition) is 1. The van der Waals surface area contributed by atoms with E-state index < -0.39 is 0 Å². The molecule has 4 nitrogen and oxygen atoms in total. The average molecular weight is 312 g/mol. The van der Waals surface area contributed by atoms with Crippen molar-refractivity contribution in [1.82, 2.24) is 4.90 Å². The highest BCUT2D eigenvalue weighted by Gasteiger charge is 2.03. The van der Waals surface area contributed by atoms with E-state index in [0.29, 0.717) is 6.61 Å². The maximum atomic E-state index is 11.6. The van der Waals surface area contributed by atoms with Crippen LogP contribution in [-0.2, 0) is 11.2 Å². The Labute approximate surface area is 138 Å². The van der Waals surface area contributed by atoms with Crippen LogP contribution in [0.15, 0.2) is 54.6 Å². The number of amides is 1. The van der Waals surface area contributed by atoms with Crippen molar-refractivity contribution >= 4 is 11.6 Å². The van der Waals surface area contributed by atoms with Crippen LogP contribution in [0, 0.1) is 0 Å². The number of aryl methyl sites for hydroxylation is 1. The summed E-state index contributed by atoms with van der Waals surface area (Å²) in [6.07, 6.45) is 1.98. The molecule has 0 fully saturated rings. The maximum absolute atomic E-state index is 11.6. The first-order chi connectivity index (χ1) is 11.1. The van der Waals surface area contributed by atoms with Gasteiger partial charge in [-0.15, -0.1) is 0 Å². The van der Waals surface area contributed by atoms with Crippen LogP contribution in [0.3, 0.4) is 0 Å². The molecule has 0 bridgehead atoms. The maximum Gasteiger partial charge on any atom is 0.241 e. The summed E-state index contributed by atoms with van der Waals surface area (Å²) < 4.78 is 5.79. The molecule has 0 atom stereocenters. The minimum absolute atomic E-state index is 0.0409. The van der Waals surface area contributed by atoms with Crippen LogP contribution in [0.4, 0.5) is 5.69 Å². The van der Waals surface area contributed by atoms with Crippen LogP contribution in [0.1, 0.15) is 12.0 Å². The van der Waals surface area contributed by atoms with E-state index in [1.54, 1.807) is 19.0 Å². The fourth-order valence-electron chi connectivity index (χ4n) is 2.14. The third-order valence-corrected chi connectivity index (χ3v) is 3.50. The van der Waals surface area contributed by atoms with Crippen molar-refractivity contribution in [2.75, 3.05) is 32.6 Å². The SMILES string of the molecule is CN(C)C(=O)CNc1cccc(OCCCc2ccccc2)c1. The first-order valence-corrected chi connectivity index (χ1v) is 7.86. The van der Waals surface area contributed by atoms with E-state index in [4.69, 9.17) is 4.74 Å². The zero-order valence-corrected chi connectivity index (χ0v) is 13.8. The summed E-state index contributed by atoms with van der Waals surface area (Å²) in [7, 11) is 3.49. The summed E-state index contributed by atoms with van der Waals surface area (Å²) in [6.45, 7) is 0.958. The van der Waals surface area contributed by atoms with Gasteiger partial charge in [-0.2, -0.15) is 0 Å². The molecular weight excluding hydrogens is 288 g/mol. The van der Waals surface area contributed by atoms with E-state index in [0.717, 1.165) is 24.3 Å². The molecule has 0 aliphatic rings. The summed E-state index contributed by atoms with van der Waals surface area (Å²) in [5, 5.41) is 3.11. The van der Waals surface area contributed by atoms with E-state index in [1.165, 1.54) is 5.56 Å². The lowest BCUT2D eigenvalue weighted by Gasteiger charge is -2.13. The molecule has 0 aliphatic heterocycles. The fourth-order valence-corrected chi connectivity index (χ4v) is 2.14. The molecule has 0 saturated carbocycles. The second-order valence-corrected chi connectivity index (χ2v) is 5.61. The molecule has 2 rings (SSSR count). The Morgan fingerprint density at radius 3 is 2.61 bits per heavy atom. The molecule has 1 amide bonds. The van der Waals surface area contributed by atoms with E-state index in [9.17, 15) is 4.79 Å². The number of carbonyl (C=O) groups is 1.